The lowest BCUT2D eigenvalue weighted by atomic mass is 10.1. The van der Waals surface area contributed by atoms with Crippen LogP contribution in [0.15, 0.2) is 12.8 Å². The van der Waals surface area contributed by atoms with Gasteiger partial charge in [-0.1, -0.05) is 45.1 Å². The number of hydrogen-bond acceptors (Lipinski definition) is 2. The van der Waals surface area contributed by atoms with Crippen molar-refractivity contribution in [3.05, 3.63) is 12.8 Å². The summed E-state index contributed by atoms with van der Waals surface area (Å²) in [6.07, 6.45) is 10.9. The second kappa shape index (κ2) is 12.1. The molecule has 0 saturated heterocycles. The molecule has 0 unspecified atom stereocenters. The van der Waals surface area contributed by atoms with Crippen LogP contribution in [0.3, 0.4) is 0 Å². The summed E-state index contributed by atoms with van der Waals surface area (Å²) < 4.78 is 5.02. The Morgan fingerprint density at radius 2 is 1.50 bits per heavy atom. The Bertz CT molecular complexity index is 178. The molecular weight excluding hydrogens is 204 g/mol. The van der Waals surface area contributed by atoms with Gasteiger partial charge in [0.2, 0.25) is 0 Å². The smallest absolute Gasteiger partial charge is 0.303 e. The van der Waals surface area contributed by atoms with Gasteiger partial charge in [-0.15, -0.1) is 0 Å². The minimum Gasteiger partial charge on any atom is -0.502 e. The predicted octanol–water partition coefficient (Wildman–Crippen LogP) is 3.74. The third-order valence-corrected chi connectivity index (χ3v) is 2.52. The van der Waals surface area contributed by atoms with Crippen LogP contribution in [0.25, 0.3) is 0 Å². The van der Waals surface area contributed by atoms with E-state index in [2.05, 4.69) is 6.58 Å². The largest absolute Gasteiger partial charge is 0.502 e. The number of ether oxygens (including phenoxy) is 1. The van der Waals surface area contributed by atoms with Gasteiger partial charge in [0.15, 0.2) is 0 Å². The highest BCUT2D eigenvalue weighted by molar-refractivity contribution is 5.66. The molecule has 16 heavy (non-hydrogen) atoms. The van der Waals surface area contributed by atoms with Crippen LogP contribution in [0.1, 0.15) is 57.8 Å². The Labute approximate surface area is 98.5 Å². The van der Waals surface area contributed by atoms with Gasteiger partial charge in [0.25, 0.3) is 0 Å². The summed E-state index contributed by atoms with van der Waals surface area (Å²) in [5, 5.41) is 8.44. The summed E-state index contributed by atoms with van der Waals surface area (Å²) in [6.45, 7) is 4.26. The third kappa shape index (κ3) is 13.0. The van der Waals surface area contributed by atoms with Crippen molar-refractivity contribution in [1.29, 1.82) is 0 Å². The standard InChI is InChI=1S/C13H24O3/c1-2-16-12-10-8-6-4-3-5-7-9-11-13(14)15/h2H,1,3-12H2,(H,14,15). The maximum atomic E-state index is 10.2. The van der Waals surface area contributed by atoms with Crippen molar-refractivity contribution in [2.75, 3.05) is 6.61 Å². The van der Waals surface area contributed by atoms with E-state index in [9.17, 15) is 4.79 Å². The quantitative estimate of drug-likeness (QED) is 0.409. The number of rotatable bonds is 12. The second-order valence-corrected chi connectivity index (χ2v) is 4.01. The number of carboxylic acids is 1. The molecule has 0 bridgehead atoms. The minimum atomic E-state index is -0.679. The van der Waals surface area contributed by atoms with Crippen molar-refractivity contribution in [1.82, 2.24) is 0 Å². The van der Waals surface area contributed by atoms with E-state index < -0.39 is 5.97 Å². The van der Waals surface area contributed by atoms with Gasteiger partial charge in [0.05, 0.1) is 12.9 Å². The van der Waals surface area contributed by atoms with Crippen molar-refractivity contribution in [2.24, 2.45) is 0 Å². The van der Waals surface area contributed by atoms with Gasteiger partial charge < -0.3 is 9.84 Å². The molecule has 0 atom stereocenters. The number of carbonyl (C=O) groups is 1. The Morgan fingerprint density at radius 1 is 1.00 bits per heavy atom. The molecule has 0 heterocycles. The van der Waals surface area contributed by atoms with Crippen molar-refractivity contribution in [2.45, 2.75) is 57.8 Å². The molecule has 0 aliphatic heterocycles. The highest BCUT2D eigenvalue weighted by Gasteiger charge is 1.96. The van der Waals surface area contributed by atoms with Gasteiger partial charge in [0.1, 0.15) is 0 Å². The van der Waals surface area contributed by atoms with Crippen LogP contribution < -0.4 is 0 Å². The average molecular weight is 228 g/mol. The monoisotopic (exact) mass is 228 g/mol. The summed E-state index contributed by atoms with van der Waals surface area (Å²) in [5.41, 5.74) is 0. The molecule has 0 amide bonds. The molecule has 1 N–H and O–H groups in total. The molecule has 0 aliphatic carbocycles. The summed E-state index contributed by atoms with van der Waals surface area (Å²) in [7, 11) is 0. The Morgan fingerprint density at radius 3 is 2.00 bits per heavy atom. The van der Waals surface area contributed by atoms with Crippen LogP contribution >= 0.6 is 0 Å². The van der Waals surface area contributed by atoms with Crippen molar-refractivity contribution in [3.8, 4) is 0 Å². The third-order valence-electron chi connectivity index (χ3n) is 2.52. The number of aliphatic carboxylic acids is 1. The van der Waals surface area contributed by atoms with E-state index in [0.29, 0.717) is 6.42 Å². The molecule has 0 aliphatic rings. The van der Waals surface area contributed by atoms with Crippen molar-refractivity contribution < 1.29 is 14.6 Å². The number of carboxylic acid groups (broad SMARTS) is 1. The fourth-order valence-electron chi connectivity index (χ4n) is 1.61. The summed E-state index contributed by atoms with van der Waals surface area (Å²) in [6, 6.07) is 0. The fraction of sp³-hybridized carbons (Fsp3) is 0.769. The molecule has 0 aromatic heterocycles. The first-order valence-electron chi connectivity index (χ1n) is 6.21. The number of hydrogen-bond donors (Lipinski definition) is 1. The first kappa shape index (κ1) is 15.0. The molecule has 0 rings (SSSR count). The zero-order valence-electron chi connectivity index (χ0n) is 10.1. The van der Waals surface area contributed by atoms with Gasteiger partial charge >= 0.3 is 5.97 Å². The maximum absolute atomic E-state index is 10.2. The lowest BCUT2D eigenvalue weighted by molar-refractivity contribution is -0.137. The highest BCUT2D eigenvalue weighted by Crippen LogP contribution is 2.09. The molecule has 3 nitrogen and oxygen atoms in total. The molecule has 0 fully saturated rings. The van der Waals surface area contributed by atoms with E-state index in [1.165, 1.54) is 31.9 Å². The van der Waals surface area contributed by atoms with Crippen LogP contribution in [-0.2, 0) is 9.53 Å². The van der Waals surface area contributed by atoms with Crippen LogP contribution in [-0.4, -0.2) is 17.7 Å². The predicted molar refractivity (Wildman–Crippen MR) is 65.3 cm³/mol. The molecule has 0 aromatic carbocycles. The normalized spacial score (nSPS) is 10.0. The van der Waals surface area contributed by atoms with E-state index in [0.717, 1.165) is 32.3 Å². The van der Waals surface area contributed by atoms with E-state index >= 15 is 0 Å². The van der Waals surface area contributed by atoms with Crippen molar-refractivity contribution >= 4 is 5.97 Å². The zero-order chi connectivity index (χ0) is 12.1. The van der Waals surface area contributed by atoms with Gasteiger partial charge in [-0.25, -0.2) is 0 Å². The van der Waals surface area contributed by atoms with Crippen LogP contribution in [0.4, 0.5) is 0 Å². The molecular formula is C13H24O3. The summed E-state index contributed by atoms with van der Waals surface area (Å²) in [5.74, 6) is -0.679. The molecule has 0 spiro atoms. The number of unbranched alkanes of at least 4 members (excludes halogenated alkanes) is 7. The van der Waals surface area contributed by atoms with E-state index in [4.69, 9.17) is 9.84 Å². The van der Waals surface area contributed by atoms with Gasteiger partial charge in [0, 0.05) is 6.42 Å². The molecule has 0 aromatic rings. The lowest BCUT2D eigenvalue weighted by Gasteiger charge is -2.02. The van der Waals surface area contributed by atoms with Crippen LogP contribution in [0.5, 0.6) is 0 Å². The lowest BCUT2D eigenvalue weighted by Crippen LogP contribution is -1.93. The molecule has 3 heteroatoms. The Kier molecular flexibility index (Phi) is 11.3. The zero-order valence-corrected chi connectivity index (χ0v) is 10.1. The fourth-order valence-corrected chi connectivity index (χ4v) is 1.61. The SMILES string of the molecule is C=COCCCCCCCCCCC(=O)O. The van der Waals surface area contributed by atoms with Crippen LogP contribution in [0.2, 0.25) is 0 Å². The van der Waals surface area contributed by atoms with Crippen LogP contribution in [0, 0.1) is 0 Å². The average Bonchev–Trinajstić information content (AvgIpc) is 2.25. The molecule has 0 saturated carbocycles. The van der Waals surface area contributed by atoms with E-state index in [-0.39, 0.29) is 0 Å². The van der Waals surface area contributed by atoms with Gasteiger partial charge in [-0.2, -0.15) is 0 Å². The summed E-state index contributed by atoms with van der Waals surface area (Å²) >= 11 is 0. The van der Waals surface area contributed by atoms with E-state index in [1.54, 1.807) is 0 Å². The molecule has 0 radical (unpaired) electrons. The topological polar surface area (TPSA) is 46.5 Å². The summed E-state index contributed by atoms with van der Waals surface area (Å²) in [4.78, 5) is 10.2. The Balaban J connectivity index is 2.93. The first-order valence-corrected chi connectivity index (χ1v) is 6.21. The maximum Gasteiger partial charge on any atom is 0.303 e. The Hall–Kier alpha value is -0.990. The first-order chi connectivity index (χ1) is 7.77. The van der Waals surface area contributed by atoms with E-state index in [1.807, 2.05) is 0 Å². The highest BCUT2D eigenvalue weighted by atomic mass is 16.5. The second-order valence-electron chi connectivity index (χ2n) is 4.01. The minimum absolute atomic E-state index is 0.318. The van der Waals surface area contributed by atoms with Gasteiger partial charge in [-0.05, 0) is 12.8 Å². The molecule has 94 valence electrons. The van der Waals surface area contributed by atoms with Crippen molar-refractivity contribution in [3.63, 3.8) is 0 Å². The van der Waals surface area contributed by atoms with Gasteiger partial charge in [-0.3, -0.25) is 4.79 Å².